The van der Waals surface area contributed by atoms with Gasteiger partial charge >= 0.3 is 11.9 Å². The topological polar surface area (TPSA) is 81.7 Å². The second kappa shape index (κ2) is 7.59. The first-order valence-corrected chi connectivity index (χ1v) is 8.37. The Labute approximate surface area is 150 Å². The van der Waals surface area contributed by atoms with E-state index in [0.29, 0.717) is 11.1 Å². The molecule has 0 aliphatic carbocycles. The van der Waals surface area contributed by atoms with Gasteiger partial charge in [0.25, 0.3) is 5.91 Å². The lowest BCUT2D eigenvalue weighted by Crippen LogP contribution is -2.14. The maximum Gasteiger partial charge on any atom is 0.348 e. The average Bonchev–Trinajstić information content (AvgIpc) is 2.90. The Balaban J connectivity index is 2.41. The summed E-state index contributed by atoms with van der Waals surface area (Å²) in [4.78, 5) is 36.4. The molecule has 0 spiro atoms. The van der Waals surface area contributed by atoms with Gasteiger partial charge in [-0.1, -0.05) is 15.9 Å². The smallest absolute Gasteiger partial charge is 0.348 e. The van der Waals surface area contributed by atoms with E-state index in [2.05, 4.69) is 21.2 Å². The monoisotopic (exact) mass is 411 g/mol. The SMILES string of the molecule is COC(=O)c1sc(NC(=O)c2ccc(Br)cc2)c(C(=O)OC)c1C. The van der Waals surface area contributed by atoms with E-state index in [9.17, 15) is 14.4 Å². The molecular formula is C16H14BrNO5S. The fourth-order valence-corrected chi connectivity index (χ4v) is 3.39. The molecule has 6 nitrogen and oxygen atoms in total. The molecule has 8 heteroatoms. The van der Waals surface area contributed by atoms with Gasteiger partial charge in [0.15, 0.2) is 0 Å². The van der Waals surface area contributed by atoms with Gasteiger partial charge in [0.1, 0.15) is 9.88 Å². The van der Waals surface area contributed by atoms with Crippen LogP contribution in [-0.2, 0) is 9.47 Å². The first kappa shape index (κ1) is 18.2. The van der Waals surface area contributed by atoms with Gasteiger partial charge in [-0.05, 0) is 36.8 Å². The largest absolute Gasteiger partial charge is 0.465 e. The maximum atomic E-state index is 12.4. The van der Waals surface area contributed by atoms with E-state index in [4.69, 9.17) is 9.47 Å². The first-order valence-electron chi connectivity index (χ1n) is 6.76. The third kappa shape index (κ3) is 3.65. The van der Waals surface area contributed by atoms with Crippen molar-refractivity contribution in [2.75, 3.05) is 19.5 Å². The van der Waals surface area contributed by atoms with E-state index in [0.717, 1.165) is 15.8 Å². The number of carbonyl (C=O) groups is 3. The number of carbonyl (C=O) groups excluding carboxylic acids is 3. The number of hydrogen-bond acceptors (Lipinski definition) is 6. The van der Waals surface area contributed by atoms with Crippen LogP contribution in [0.5, 0.6) is 0 Å². The molecule has 0 saturated carbocycles. The van der Waals surface area contributed by atoms with Crippen LogP contribution in [0.1, 0.15) is 36.0 Å². The number of amides is 1. The Morgan fingerprint density at radius 3 is 2.17 bits per heavy atom. The molecule has 1 N–H and O–H groups in total. The van der Waals surface area contributed by atoms with Crippen LogP contribution in [-0.4, -0.2) is 32.1 Å². The Kier molecular flexibility index (Phi) is 5.74. The number of benzene rings is 1. The van der Waals surface area contributed by atoms with Crippen LogP contribution in [0.25, 0.3) is 0 Å². The van der Waals surface area contributed by atoms with Gasteiger partial charge in [0.2, 0.25) is 0 Å². The highest BCUT2D eigenvalue weighted by molar-refractivity contribution is 9.10. The summed E-state index contributed by atoms with van der Waals surface area (Å²) in [6, 6.07) is 6.74. The van der Waals surface area contributed by atoms with Crippen LogP contribution in [0.2, 0.25) is 0 Å². The summed E-state index contributed by atoms with van der Waals surface area (Å²) in [6.07, 6.45) is 0. The van der Waals surface area contributed by atoms with Crippen LogP contribution in [0, 0.1) is 6.92 Å². The number of esters is 2. The number of hydrogen-bond donors (Lipinski definition) is 1. The predicted octanol–water partition coefficient (Wildman–Crippen LogP) is 3.64. The summed E-state index contributed by atoms with van der Waals surface area (Å²) in [6.45, 7) is 1.60. The minimum Gasteiger partial charge on any atom is -0.465 e. The lowest BCUT2D eigenvalue weighted by molar-refractivity contribution is 0.0601. The third-order valence-corrected chi connectivity index (χ3v) is 4.96. The van der Waals surface area contributed by atoms with Crippen molar-refractivity contribution in [2.24, 2.45) is 0 Å². The van der Waals surface area contributed by atoms with Crippen molar-refractivity contribution in [2.45, 2.75) is 6.92 Å². The van der Waals surface area contributed by atoms with Gasteiger partial charge in [0.05, 0.1) is 19.8 Å². The van der Waals surface area contributed by atoms with Crippen LogP contribution >= 0.6 is 27.3 Å². The first-order chi connectivity index (χ1) is 11.4. The highest BCUT2D eigenvalue weighted by Gasteiger charge is 2.26. The van der Waals surface area contributed by atoms with E-state index in [-0.39, 0.29) is 15.4 Å². The van der Waals surface area contributed by atoms with Gasteiger partial charge in [-0.3, -0.25) is 4.79 Å². The molecule has 0 fully saturated rings. The molecule has 0 atom stereocenters. The average molecular weight is 412 g/mol. The molecule has 24 heavy (non-hydrogen) atoms. The molecule has 0 bridgehead atoms. The van der Waals surface area contributed by atoms with Crippen LogP contribution in [0.15, 0.2) is 28.7 Å². The zero-order valence-corrected chi connectivity index (χ0v) is 15.5. The van der Waals surface area contributed by atoms with E-state index >= 15 is 0 Å². The summed E-state index contributed by atoms with van der Waals surface area (Å²) in [7, 11) is 2.48. The number of ether oxygens (including phenoxy) is 2. The Hall–Kier alpha value is -2.19. The highest BCUT2D eigenvalue weighted by atomic mass is 79.9. The molecule has 1 heterocycles. The van der Waals surface area contributed by atoms with Crippen molar-refractivity contribution in [1.29, 1.82) is 0 Å². The summed E-state index contributed by atoms with van der Waals surface area (Å²) >= 11 is 4.27. The standard InChI is InChI=1S/C16H14BrNO5S/c1-8-11(15(20)22-2)14(24-12(8)16(21)23-3)18-13(19)9-4-6-10(17)7-5-9/h4-7H,1-3H3,(H,18,19). The molecule has 1 aromatic heterocycles. The fraction of sp³-hybridized carbons (Fsp3) is 0.188. The highest BCUT2D eigenvalue weighted by Crippen LogP contribution is 2.34. The van der Waals surface area contributed by atoms with Crippen molar-refractivity contribution in [1.82, 2.24) is 0 Å². The van der Waals surface area contributed by atoms with Gasteiger partial charge in [0, 0.05) is 10.0 Å². The fourth-order valence-electron chi connectivity index (χ4n) is 2.01. The molecule has 0 radical (unpaired) electrons. The van der Waals surface area contributed by atoms with E-state index < -0.39 is 17.8 Å². The van der Waals surface area contributed by atoms with Crippen molar-refractivity contribution in [3.63, 3.8) is 0 Å². The van der Waals surface area contributed by atoms with Crippen molar-refractivity contribution < 1.29 is 23.9 Å². The van der Waals surface area contributed by atoms with Crippen molar-refractivity contribution in [3.8, 4) is 0 Å². The van der Waals surface area contributed by atoms with Gasteiger partial charge in [-0.2, -0.15) is 0 Å². The van der Waals surface area contributed by atoms with Gasteiger partial charge in [-0.25, -0.2) is 9.59 Å². The van der Waals surface area contributed by atoms with E-state index in [1.165, 1.54) is 14.2 Å². The number of thiophene rings is 1. The summed E-state index contributed by atoms with van der Waals surface area (Å²) < 4.78 is 10.3. The zero-order chi connectivity index (χ0) is 17.9. The van der Waals surface area contributed by atoms with E-state index in [1.54, 1.807) is 31.2 Å². The molecule has 0 unspecified atom stereocenters. The van der Waals surface area contributed by atoms with Crippen LogP contribution < -0.4 is 5.32 Å². The van der Waals surface area contributed by atoms with Gasteiger partial charge < -0.3 is 14.8 Å². The maximum absolute atomic E-state index is 12.4. The minimum atomic E-state index is -0.634. The molecule has 1 aromatic carbocycles. The van der Waals surface area contributed by atoms with Crippen LogP contribution in [0.3, 0.4) is 0 Å². The van der Waals surface area contributed by atoms with Crippen LogP contribution in [0.4, 0.5) is 5.00 Å². The Morgan fingerprint density at radius 2 is 1.62 bits per heavy atom. The molecule has 2 aromatic rings. The molecule has 0 aliphatic heterocycles. The predicted molar refractivity (Wildman–Crippen MR) is 93.8 cm³/mol. The van der Waals surface area contributed by atoms with E-state index in [1.807, 2.05) is 0 Å². The molecule has 1 amide bonds. The second-order valence-electron chi connectivity index (χ2n) is 4.70. The molecule has 0 saturated heterocycles. The molecule has 0 aliphatic rings. The molecule has 2 rings (SSSR count). The number of methoxy groups -OCH3 is 2. The normalized spacial score (nSPS) is 10.2. The molecular weight excluding hydrogens is 398 g/mol. The summed E-state index contributed by atoms with van der Waals surface area (Å²) in [5.41, 5.74) is 0.970. The number of nitrogens with one attached hydrogen (secondary N) is 1. The number of halogens is 1. The zero-order valence-electron chi connectivity index (χ0n) is 13.1. The second-order valence-corrected chi connectivity index (χ2v) is 6.64. The number of anilines is 1. The summed E-state index contributed by atoms with van der Waals surface area (Å²) in [5.74, 6) is -1.61. The lowest BCUT2D eigenvalue weighted by atomic mass is 10.1. The van der Waals surface area contributed by atoms with Gasteiger partial charge in [-0.15, -0.1) is 11.3 Å². The Morgan fingerprint density at radius 1 is 1.04 bits per heavy atom. The summed E-state index contributed by atoms with van der Waals surface area (Å²) in [5, 5.41) is 2.90. The Bertz CT molecular complexity index is 798. The quantitative estimate of drug-likeness (QED) is 0.776. The minimum absolute atomic E-state index is 0.147. The third-order valence-electron chi connectivity index (χ3n) is 3.24. The van der Waals surface area contributed by atoms with Crippen molar-refractivity contribution >= 4 is 50.1 Å². The molecule has 126 valence electrons. The lowest BCUT2D eigenvalue weighted by Gasteiger charge is -2.06. The number of rotatable bonds is 4. The van der Waals surface area contributed by atoms with Crippen molar-refractivity contribution in [3.05, 3.63) is 50.3 Å².